The Hall–Kier alpha value is -6.92. The van der Waals surface area contributed by atoms with Gasteiger partial charge in [0.2, 0.25) is 0 Å². The number of fused-ring (bicyclic) bond motifs is 9. The van der Waals surface area contributed by atoms with Crippen LogP contribution in [-0.4, -0.2) is 28.7 Å². The largest absolute Gasteiger partial charge is 0.304 e. The fourth-order valence-electron chi connectivity index (χ4n) is 7.45. The lowest BCUT2D eigenvalue weighted by molar-refractivity contribution is 0.565. The zero-order valence-corrected chi connectivity index (χ0v) is 25.5. The first kappa shape index (κ1) is 27.2. The first-order valence-corrected chi connectivity index (χ1v) is 15.7. The van der Waals surface area contributed by atoms with E-state index in [0.29, 0.717) is 49.7 Å². The maximum atomic E-state index is 18.0. The molecule has 0 N–H and O–H groups in total. The van der Waals surface area contributed by atoms with Gasteiger partial charge in [0.1, 0.15) is 28.7 Å². The van der Waals surface area contributed by atoms with Crippen molar-refractivity contribution in [2.45, 2.75) is 0 Å². The molecule has 0 aliphatic rings. The van der Waals surface area contributed by atoms with E-state index >= 15 is 8.78 Å². The van der Waals surface area contributed by atoms with Crippen molar-refractivity contribution in [3.63, 3.8) is 0 Å². The summed E-state index contributed by atoms with van der Waals surface area (Å²) in [6.45, 7) is 0. The Morgan fingerprint density at radius 3 is 1.12 bits per heavy atom. The lowest BCUT2D eigenvalue weighted by atomic mass is 10.1. The Balaban J connectivity index is 1.49. The van der Waals surface area contributed by atoms with Gasteiger partial charge in [0.25, 0.3) is 0 Å². The molecule has 0 amide bonds. The number of para-hydroxylation sites is 3. The van der Waals surface area contributed by atoms with Crippen LogP contribution in [0.1, 0.15) is 5.56 Å². The predicted octanol–water partition coefficient (Wildman–Crippen LogP) is 9.31. The van der Waals surface area contributed by atoms with E-state index < -0.39 is 11.6 Å². The van der Waals surface area contributed by atoms with Crippen LogP contribution in [0.15, 0.2) is 128 Å². The fourth-order valence-corrected chi connectivity index (χ4v) is 7.45. The molecule has 0 saturated carbocycles. The Morgan fingerprint density at radius 2 is 0.755 bits per heavy atom. The van der Waals surface area contributed by atoms with Crippen molar-refractivity contribution in [1.29, 1.82) is 5.26 Å². The summed E-state index contributed by atoms with van der Waals surface area (Å²) in [4.78, 5) is 13.9. The summed E-state index contributed by atoms with van der Waals surface area (Å²) in [6, 6.07) is 35.4. The van der Waals surface area contributed by atoms with Gasteiger partial charge in [-0.1, -0.05) is 54.6 Å². The molecule has 0 atom stereocenters. The van der Waals surface area contributed by atoms with Crippen molar-refractivity contribution in [3.05, 3.63) is 145 Å². The molecule has 6 heterocycles. The molecule has 0 bridgehead atoms. The van der Waals surface area contributed by atoms with Gasteiger partial charge in [-0.3, -0.25) is 15.0 Å². The second kappa shape index (κ2) is 10.0. The van der Waals surface area contributed by atoms with Crippen LogP contribution in [0, 0.1) is 23.0 Å². The fraction of sp³-hybridized carbons (Fsp3) is 0. The molecule has 230 valence electrons. The monoisotopic (exact) mass is 637 g/mol. The maximum Gasteiger partial charge on any atom is 0.175 e. The van der Waals surface area contributed by atoms with Gasteiger partial charge in [0.15, 0.2) is 11.6 Å². The first-order valence-electron chi connectivity index (χ1n) is 15.7. The topological polar surface area (TPSA) is 77.2 Å². The third-order valence-corrected chi connectivity index (χ3v) is 9.37. The van der Waals surface area contributed by atoms with Crippen molar-refractivity contribution in [3.8, 4) is 23.1 Å². The molecule has 49 heavy (non-hydrogen) atoms. The van der Waals surface area contributed by atoms with Crippen LogP contribution in [0.3, 0.4) is 0 Å². The van der Waals surface area contributed by atoms with Crippen LogP contribution in [0.2, 0.25) is 0 Å². The zero-order chi connectivity index (χ0) is 32.8. The van der Waals surface area contributed by atoms with E-state index in [0.717, 1.165) is 16.2 Å². The summed E-state index contributed by atoms with van der Waals surface area (Å²) in [7, 11) is 0. The van der Waals surface area contributed by atoms with E-state index in [1.165, 1.54) is 0 Å². The van der Waals surface area contributed by atoms with Gasteiger partial charge in [-0.25, -0.2) is 8.78 Å². The summed E-state index contributed by atoms with van der Waals surface area (Å²) in [5.74, 6) is -1.79. The third-order valence-electron chi connectivity index (χ3n) is 9.37. The van der Waals surface area contributed by atoms with E-state index in [-0.39, 0.29) is 22.6 Å². The highest BCUT2D eigenvalue weighted by Gasteiger charge is 2.33. The molecule has 0 spiro atoms. The highest BCUT2D eigenvalue weighted by Crippen LogP contribution is 2.43. The summed E-state index contributed by atoms with van der Waals surface area (Å²) in [5.41, 5.74) is 4.72. The van der Waals surface area contributed by atoms with Crippen LogP contribution in [0.4, 0.5) is 8.78 Å². The van der Waals surface area contributed by atoms with Gasteiger partial charge >= 0.3 is 0 Å². The molecule has 0 unspecified atom stereocenters. The highest BCUT2D eigenvalue weighted by molar-refractivity contribution is 6.10. The lowest BCUT2D eigenvalue weighted by Gasteiger charge is -2.21. The summed E-state index contributed by atoms with van der Waals surface area (Å²) in [5, 5.41) is 13.3. The highest BCUT2D eigenvalue weighted by atomic mass is 19.1. The zero-order valence-electron chi connectivity index (χ0n) is 25.5. The average molecular weight is 638 g/mol. The number of benzene rings is 4. The maximum absolute atomic E-state index is 18.0. The van der Waals surface area contributed by atoms with Gasteiger partial charge in [-0.15, -0.1) is 0 Å². The molecule has 0 radical (unpaired) electrons. The average Bonchev–Trinajstić information content (AvgIpc) is 3.78. The molecule has 0 aliphatic carbocycles. The van der Waals surface area contributed by atoms with Crippen LogP contribution < -0.4 is 0 Å². The number of hydrogen-bond acceptors (Lipinski definition) is 4. The number of halogens is 2. The van der Waals surface area contributed by atoms with Crippen LogP contribution in [0.25, 0.3) is 82.9 Å². The third kappa shape index (κ3) is 3.54. The smallest absolute Gasteiger partial charge is 0.175 e. The summed E-state index contributed by atoms with van der Waals surface area (Å²) >= 11 is 0. The van der Waals surface area contributed by atoms with Gasteiger partial charge in [-0.2, -0.15) is 5.26 Å². The molecule has 6 aromatic heterocycles. The minimum Gasteiger partial charge on any atom is -0.304 e. The summed E-state index contributed by atoms with van der Waals surface area (Å²) in [6.07, 6.45) is 5.02. The number of rotatable bonds is 3. The lowest BCUT2D eigenvalue weighted by Crippen LogP contribution is -2.14. The minimum absolute atomic E-state index is 0.0854. The van der Waals surface area contributed by atoms with Crippen LogP contribution >= 0.6 is 0 Å². The van der Waals surface area contributed by atoms with Crippen molar-refractivity contribution in [1.82, 2.24) is 28.7 Å². The Bertz CT molecular complexity index is 2750. The van der Waals surface area contributed by atoms with Gasteiger partial charge in [0.05, 0.1) is 49.7 Å². The van der Waals surface area contributed by atoms with Crippen LogP contribution in [0.5, 0.6) is 0 Å². The van der Waals surface area contributed by atoms with E-state index in [9.17, 15) is 5.26 Å². The van der Waals surface area contributed by atoms with Crippen molar-refractivity contribution >= 4 is 65.8 Å². The standard InChI is InChI=1S/C40H21F2N7/c41-33-38(47-27-13-4-1-10-23(27)35-30(47)16-7-19-44-35)26(22-43)39(48-28-14-5-2-11-24(28)36-31(48)17-8-20-45-36)34(42)40(33)49-29-15-6-3-12-25(29)37-32(49)18-9-21-46-37/h1-21H. The van der Waals surface area contributed by atoms with Crippen molar-refractivity contribution in [2.75, 3.05) is 0 Å². The summed E-state index contributed by atoms with van der Waals surface area (Å²) < 4.78 is 40.9. The number of hydrogen-bond donors (Lipinski definition) is 0. The van der Waals surface area contributed by atoms with Gasteiger partial charge in [0, 0.05) is 34.7 Å². The van der Waals surface area contributed by atoms with Gasteiger partial charge in [-0.05, 0) is 54.6 Å². The molecule has 7 nitrogen and oxygen atoms in total. The molecule has 4 aromatic carbocycles. The Labute approximate surface area is 276 Å². The van der Waals surface area contributed by atoms with Gasteiger partial charge < -0.3 is 13.7 Å². The minimum atomic E-state index is -0.894. The molecule has 10 aromatic rings. The second-order valence-electron chi connectivity index (χ2n) is 11.8. The normalized spacial score (nSPS) is 11.9. The number of nitrogens with zero attached hydrogens (tertiary/aromatic N) is 7. The molecule has 0 fully saturated rings. The van der Waals surface area contributed by atoms with Crippen molar-refractivity contribution < 1.29 is 8.78 Å². The Kier molecular flexibility index (Phi) is 5.58. The number of nitriles is 1. The SMILES string of the molecule is N#Cc1c(-n2c3ccccc3c3ncccc32)c(F)c(-n2c3ccccc3c3ncccc32)c(F)c1-n1c2ccccc2c2ncccc21. The molecular weight excluding hydrogens is 616 g/mol. The van der Waals surface area contributed by atoms with E-state index in [1.54, 1.807) is 56.6 Å². The van der Waals surface area contributed by atoms with Crippen molar-refractivity contribution in [2.24, 2.45) is 0 Å². The molecular formula is C40H21F2N7. The van der Waals surface area contributed by atoms with Crippen LogP contribution in [-0.2, 0) is 0 Å². The van der Waals surface area contributed by atoms with E-state index in [1.807, 2.05) is 84.9 Å². The second-order valence-corrected chi connectivity index (χ2v) is 11.8. The molecule has 9 heteroatoms. The number of aromatic nitrogens is 6. The molecule has 10 rings (SSSR count). The van der Waals surface area contributed by atoms with E-state index in [2.05, 4.69) is 21.0 Å². The predicted molar refractivity (Wildman–Crippen MR) is 187 cm³/mol. The van der Waals surface area contributed by atoms with E-state index in [4.69, 9.17) is 0 Å². The molecule has 0 aliphatic heterocycles. The number of pyridine rings is 3. The first-order chi connectivity index (χ1) is 24.2. The molecule has 0 saturated heterocycles. The Morgan fingerprint density at radius 1 is 0.429 bits per heavy atom. The quantitative estimate of drug-likeness (QED) is 0.193.